The molecule has 2 aromatic carbocycles. The van der Waals surface area contributed by atoms with E-state index in [4.69, 9.17) is 4.42 Å². The van der Waals surface area contributed by atoms with Crippen molar-refractivity contribution in [2.24, 2.45) is 0 Å². The fourth-order valence-electron chi connectivity index (χ4n) is 2.11. The van der Waals surface area contributed by atoms with Gasteiger partial charge in [0, 0.05) is 9.86 Å². The van der Waals surface area contributed by atoms with Crippen molar-refractivity contribution in [2.75, 3.05) is 4.31 Å². The molecule has 3 rings (SSSR count). The fraction of sp³-hybridized carbons (Fsp3) is 0. The van der Waals surface area contributed by atoms with Crippen LogP contribution in [0.15, 0.2) is 68.3 Å². The number of nitrogens with zero attached hydrogens (tertiary/aromatic N) is 1. The zero-order valence-electron chi connectivity index (χ0n) is 11.1. The van der Waals surface area contributed by atoms with Crippen LogP contribution in [-0.4, -0.2) is 8.76 Å². The second-order valence-corrected chi connectivity index (χ2v) is 6.20. The first-order valence-electron chi connectivity index (χ1n) is 6.26. The molecule has 1 aromatic heterocycles. The van der Waals surface area contributed by atoms with Crippen molar-refractivity contribution in [2.45, 2.75) is 0 Å². The molecule has 0 saturated heterocycles. The van der Waals surface area contributed by atoms with Gasteiger partial charge in [-0.05, 0) is 30.3 Å². The van der Waals surface area contributed by atoms with Crippen LogP contribution < -0.4 is 9.93 Å². The maximum absolute atomic E-state index is 12.2. The zero-order valence-corrected chi connectivity index (χ0v) is 13.5. The summed E-state index contributed by atoms with van der Waals surface area (Å²) in [5, 5.41) is 0.669. The summed E-state index contributed by atoms with van der Waals surface area (Å²) in [4.78, 5) is 12.2. The van der Waals surface area contributed by atoms with Gasteiger partial charge in [-0.25, -0.2) is 13.3 Å². The predicted molar refractivity (Wildman–Crippen MR) is 89.5 cm³/mol. The molecule has 22 heavy (non-hydrogen) atoms. The van der Waals surface area contributed by atoms with Crippen LogP contribution in [0.3, 0.4) is 0 Å². The number of halogens is 1. The van der Waals surface area contributed by atoms with Crippen LogP contribution in [0.25, 0.3) is 11.0 Å². The van der Waals surface area contributed by atoms with Gasteiger partial charge < -0.3 is 4.42 Å². The van der Waals surface area contributed by atoms with Crippen LogP contribution in [-0.2, 0) is 11.3 Å². The van der Waals surface area contributed by atoms with Crippen LogP contribution in [0.5, 0.6) is 0 Å². The van der Waals surface area contributed by atoms with E-state index in [-0.39, 0.29) is 5.69 Å². The second-order valence-electron chi connectivity index (χ2n) is 4.46. The Labute approximate surface area is 136 Å². The second kappa shape index (κ2) is 6.04. The van der Waals surface area contributed by atoms with Crippen LogP contribution >= 0.6 is 15.9 Å². The number of hydrogen-bond donors (Lipinski definition) is 1. The van der Waals surface area contributed by atoms with E-state index in [1.165, 1.54) is 6.07 Å². The van der Waals surface area contributed by atoms with E-state index in [0.717, 1.165) is 8.78 Å². The van der Waals surface area contributed by atoms with Crippen LogP contribution in [0.1, 0.15) is 0 Å². The quantitative estimate of drug-likeness (QED) is 0.554. The minimum atomic E-state index is -2.41. The molecule has 1 unspecified atom stereocenters. The number of hydrogen-bond acceptors (Lipinski definition) is 3. The summed E-state index contributed by atoms with van der Waals surface area (Å²) in [6, 6.07) is 15.3. The Bertz CT molecular complexity index is 925. The lowest BCUT2D eigenvalue weighted by Gasteiger charge is -2.19. The van der Waals surface area contributed by atoms with Gasteiger partial charge in [-0.15, -0.1) is 0 Å². The molecule has 0 aliphatic heterocycles. The molecule has 0 aliphatic rings. The lowest BCUT2D eigenvalue weighted by Crippen LogP contribution is -2.24. The predicted octanol–water partition coefficient (Wildman–Crippen LogP) is 3.83. The Hall–Kier alpha value is -1.96. The van der Waals surface area contributed by atoms with Crippen molar-refractivity contribution < 1.29 is 13.2 Å². The van der Waals surface area contributed by atoms with E-state index in [1.54, 1.807) is 48.5 Å². The standard InChI is InChI=1S/C15H10BrNO4S/c16-11-5-3-6-12(9-11)17(22(19)20)13-8-10-4-1-2-7-14(10)21-15(13)18/h1-9H,(H,19,20). The Kier molecular flexibility index (Phi) is 4.10. The first-order chi connectivity index (χ1) is 10.6. The summed E-state index contributed by atoms with van der Waals surface area (Å²) in [5.41, 5.74) is 0.144. The monoisotopic (exact) mass is 379 g/mol. The van der Waals surface area contributed by atoms with Gasteiger partial charge in [0.05, 0.1) is 5.69 Å². The molecule has 0 bridgehead atoms. The van der Waals surface area contributed by atoms with E-state index >= 15 is 0 Å². The third kappa shape index (κ3) is 2.83. The third-order valence-corrected chi connectivity index (χ3v) is 4.25. The average Bonchev–Trinajstić information content (AvgIpc) is 2.48. The topological polar surface area (TPSA) is 70.8 Å². The van der Waals surface area contributed by atoms with Crippen LogP contribution in [0.2, 0.25) is 0 Å². The number of rotatable bonds is 3. The highest BCUT2D eigenvalue weighted by molar-refractivity contribution is 9.10. The molecule has 0 saturated carbocycles. The van der Waals surface area contributed by atoms with Gasteiger partial charge in [-0.3, -0.25) is 4.55 Å². The molecule has 7 heteroatoms. The van der Waals surface area contributed by atoms with E-state index in [0.29, 0.717) is 16.7 Å². The Balaban J connectivity index is 2.23. The van der Waals surface area contributed by atoms with Gasteiger partial charge in [0.2, 0.25) is 0 Å². The zero-order chi connectivity index (χ0) is 15.7. The van der Waals surface area contributed by atoms with Crippen molar-refractivity contribution >= 4 is 49.5 Å². The van der Waals surface area contributed by atoms with Gasteiger partial charge in [0.15, 0.2) is 0 Å². The first-order valence-corrected chi connectivity index (χ1v) is 8.11. The molecule has 1 atom stereocenters. The van der Waals surface area contributed by atoms with Crippen molar-refractivity contribution in [1.82, 2.24) is 0 Å². The van der Waals surface area contributed by atoms with Gasteiger partial charge in [-0.1, -0.05) is 40.2 Å². The fourth-order valence-corrected chi connectivity index (χ4v) is 3.09. The minimum Gasteiger partial charge on any atom is -0.421 e. The number of fused-ring (bicyclic) bond motifs is 1. The van der Waals surface area contributed by atoms with Crippen molar-refractivity contribution in [3.05, 3.63) is 69.5 Å². The maximum atomic E-state index is 12.2. The summed E-state index contributed by atoms with van der Waals surface area (Å²) < 4.78 is 28.3. The SMILES string of the molecule is O=c1oc2ccccc2cc1N(c1cccc(Br)c1)S(=O)O. The van der Waals surface area contributed by atoms with E-state index in [2.05, 4.69) is 15.9 Å². The summed E-state index contributed by atoms with van der Waals surface area (Å²) in [6.45, 7) is 0. The van der Waals surface area contributed by atoms with Gasteiger partial charge in [0.25, 0.3) is 11.3 Å². The maximum Gasteiger partial charge on any atom is 0.361 e. The number of benzene rings is 2. The number of para-hydroxylation sites is 1. The summed E-state index contributed by atoms with van der Waals surface area (Å²) >= 11 is 0.887. The molecular formula is C15H10BrNO4S. The van der Waals surface area contributed by atoms with E-state index in [1.807, 2.05) is 0 Å². The average molecular weight is 380 g/mol. The molecule has 112 valence electrons. The highest BCUT2D eigenvalue weighted by Crippen LogP contribution is 2.28. The smallest absolute Gasteiger partial charge is 0.361 e. The van der Waals surface area contributed by atoms with Gasteiger partial charge >= 0.3 is 5.63 Å². The summed E-state index contributed by atoms with van der Waals surface area (Å²) in [6.07, 6.45) is 0. The molecule has 0 aliphatic carbocycles. The molecule has 1 N–H and O–H groups in total. The molecule has 5 nitrogen and oxygen atoms in total. The molecule has 0 spiro atoms. The van der Waals surface area contributed by atoms with Crippen molar-refractivity contribution in [3.63, 3.8) is 0 Å². The first kappa shape index (κ1) is 15.0. The van der Waals surface area contributed by atoms with Crippen molar-refractivity contribution in [1.29, 1.82) is 0 Å². The summed E-state index contributed by atoms with van der Waals surface area (Å²) in [5.74, 6) is 0. The normalized spacial score (nSPS) is 12.3. The van der Waals surface area contributed by atoms with Crippen LogP contribution in [0, 0.1) is 0 Å². The number of anilines is 2. The molecule has 1 heterocycles. The highest BCUT2D eigenvalue weighted by atomic mass is 79.9. The van der Waals surface area contributed by atoms with Gasteiger partial charge in [-0.2, -0.15) is 0 Å². The molecule has 0 amide bonds. The molecular weight excluding hydrogens is 370 g/mol. The molecule has 3 aromatic rings. The molecule has 0 radical (unpaired) electrons. The van der Waals surface area contributed by atoms with E-state index in [9.17, 15) is 13.6 Å². The third-order valence-electron chi connectivity index (χ3n) is 3.04. The summed E-state index contributed by atoms with van der Waals surface area (Å²) in [7, 11) is 0. The Morgan fingerprint density at radius 2 is 1.86 bits per heavy atom. The lowest BCUT2D eigenvalue weighted by molar-refractivity contribution is 0.552. The Morgan fingerprint density at radius 1 is 1.09 bits per heavy atom. The van der Waals surface area contributed by atoms with Gasteiger partial charge in [0.1, 0.15) is 11.3 Å². The molecule has 0 fully saturated rings. The van der Waals surface area contributed by atoms with Crippen LogP contribution in [0.4, 0.5) is 11.4 Å². The largest absolute Gasteiger partial charge is 0.421 e. The highest BCUT2D eigenvalue weighted by Gasteiger charge is 2.20. The van der Waals surface area contributed by atoms with E-state index < -0.39 is 16.9 Å². The minimum absolute atomic E-state index is 0.00219. The Morgan fingerprint density at radius 3 is 2.59 bits per heavy atom. The van der Waals surface area contributed by atoms with Crippen molar-refractivity contribution in [3.8, 4) is 0 Å². The lowest BCUT2D eigenvalue weighted by atomic mass is 10.2.